The Morgan fingerprint density at radius 3 is 1.33 bits per heavy atom. The summed E-state index contributed by atoms with van der Waals surface area (Å²) in [6.07, 6.45) is 57.8. The van der Waals surface area contributed by atoms with Crippen molar-refractivity contribution in [2.24, 2.45) is 0 Å². The quantitative estimate of drug-likeness (QED) is 0.0245. The topological polar surface area (TPSA) is 95.9 Å². The summed E-state index contributed by atoms with van der Waals surface area (Å²) < 4.78 is 5.91. The van der Waals surface area contributed by atoms with Crippen LogP contribution in [0, 0.1) is 0 Å². The molecule has 0 fully saturated rings. The molecule has 0 aliphatic carbocycles. The molecule has 0 saturated heterocycles. The zero-order valence-electron chi connectivity index (χ0n) is 40.8. The van der Waals surface area contributed by atoms with Crippen LogP contribution in [-0.2, 0) is 14.3 Å². The molecule has 3 N–H and O–H groups in total. The van der Waals surface area contributed by atoms with Crippen LogP contribution in [0.1, 0.15) is 278 Å². The molecule has 61 heavy (non-hydrogen) atoms. The van der Waals surface area contributed by atoms with Crippen LogP contribution in [0.4, 0.5) is 0 Å². The first kappa shape index (κ1) is 59.1. The highest BCUT2D eigenvalue weighted by molar-refractivity contribution is 5.77. The highest BCUT2D eigenvalue weighted by Gasteiger charge is 2.24. The Labute approximate surface area is 379 Å². The van der Waals surface area contributed by atoms with Crippen molar-refractivity contribution in [2.45, 2.75) is 296 Å². The van der Waals surface area contributed by atoms with Crippen LogP contribution < -0.4 is 5.32 Å². The van der Waals surface area contributed by atoms with Crippen LogP contribution >= 0.6 is 0 Å². The summed E-state index contributed by atoms with van der Waals surface area (Å²) in [5, 5.41) is 23.8. The number of esters is 1. The molecule has 0 rings (SSSR count). The fourth-order valence-electron chi connectivity index (χ4n) is 8.13. The van der Waals surface area contributed by atoms with Crippen LogP contribution in [-0.4, -0.2) is 46.9 Å². The second kappa shape index (κ2) is 49.1. The maximum atomic E-state index is 13.2. The Morgan fingerprint density at radius 1 is 0.475 bits per heavy atom. The van der Waals surface area contributed by atoms with Gasteiger partial charge in [-0.05, 0) is 70.6 Å². The summed E-state index contributed by atoms with van der Waals surface area (Å²) in [4.78, 5) is 26.1. The number of aliphatic hydroxyl groups excluding tert-OH is 2. The number of amides is 1. The van der Waals surface area contributed by atoms with E-state index in [-0.39, 0.29) is 24.9 Å². The lowest BCUT2D eigenvalue weighted by molar-refractivity contribution is -0.151. The minimum atomic E-state index is -0.794. The molecule has 0 aromatic rings. The van der Waals surface area contributed by atoms with Gasteiger partial charge in [-0.25, -0.2) is 0 Å². The molecule has 0 aromatic carbocycles. The number of ether oxygens (including phenoxy) is 1. The smallest absolute Gasteiger partial charge is 0.306 e. The van der Waals surface area contributed by atoms with E-state index in [2.05, 4.69) is 62.5 Å². The second-order valence-corrected chi connectivity index (χ2v) is 18.3. The lowest BCUT2D eigenvalue weighted by Crippen LogP contribution is -2.46. The molecule has 3 unspecified atom stereocenters. The van der Waals surface area contributed by atoms with Gasteiger partial charge in [0.05, 0.1) is 25.2 Å². The number of hydrogen-bond donors (Lipinski definition) is 3. The highest BCUT2D eigenvalue weighted by atomic mass is 16.5. The van der Waals surface area contributed by atoms with Crippen molar-refractivity contribution in [1.29, 1.82) is 0 Å². The van der Waals surface area contributed by atoms with E-state index >= 15 is 0 Å². The minimum absolute atomic E-state index is 0.0543. The van der Waals surface area contributed by atoms with Crippen LogP contribution in [0.25, 0.3) is 0 Å². The molecule has 0 spiro atoms. The van der Waals surface area contributed by atoms with Gasteiger partial charge in [-0.3, -0.25) is 9.59 Å². The van der Waals surface area contributed by atoms with E-state index in [0.29, 0.717) is 19.3 Å². The molecule has 0 aromatic heterocycles. The molecular formula is C55H103NO5. The van der Waals surface area contributed by atoms with Crippen molar-refractivity contribution in [1.82, 2.24) is 5.32 Å². The summed E-state index contributed by atoms with van der Waals surface area (Å²) in [5.41, 5.74) is 0. The third kappa shape index (κ3) is 44.5. The monoisotopic (exact) mass is 858 g/mol. The molecule has 6 heteroatoms. The van der Waals surface area contributed by atoms with Gasteiger partial charge in [0.15, 0.2) is 0 Å². The Bertz CT molecular complexity index is 1010. The lowest BCUT2D eigenvalue weighted by Gasteiger charge is -2.24. The van der Waals surface area contributed by atoms with Gasteiger partial charge in [0.1, 0.15) is 6.10 Å². The zero-order chi connectivity index (χ0) is 44.5. The molecule has 1 amide bonds. The molecule has 358 valence electrons. The number of rotatable bonds is 48. The Morgan fingerprint density at radius 2 is 0.852 bits per heavy atom. The van der Waals surface area contributed by atoms with Crippen molar-refractivity contribution < 1.29 is 24.5 Å². The Balaban J connectivity index is 4.56. The van der Waals surface area contributed by atoms with E-state index in [1.54, 1.807) is 0 Å². The number of carbonyl (C=O) groups excluding carboxylic acids is 2. The van der Waals surface area contributed by atoms with Crippen LogP contribution in [0.5, 0.6) is 0 Å². The molecule has 0 aliphatic heterocycles. The van der Waals surface area contributed by atoms with Gasteiger partial charge in [0.2, 0.25) is 5.91 Å². The fraction of sp³-hybridized carbons (Fsp3) is 0.855. The molecule has 0 saturated carbocycles. The number of hydrogen-bond acceptors (Lipinski definition) is 5. The summed E-state index contributed by atoms with van der Waals surface area (Å²) in [6, 6.07) is -0.710. The molecule has 0 bridgehead atoms. The molecule has 0 aliphatic rings. The third-order valence-electron chi connectivity index (χ3n) is 12.2. The number of nitrogens with one attached hydrogen (secondary N) is 1. The predicted molar refractivity (Wildman–Crippen MR) is 264 cm³/mol. The average Bonchev–Trinajstić information content (AvgIpc) is 3.25. The van der Waals surface area contributed by atoms with Crippen LogP contribution in [0.15, 0.2) is 36.5 Å². The number of carbonyl (C=O) groups is 2. The van der Waals surface area contributed by atoms with Gasteiger partial charge in [-0.15, -0.1) is 0 Å². The van der Waals surface area contributed by atoms with E-state index in [1.165, 1.54) is 167 Å². The summed E-state index contributed by atoms with van der Waals surface area (Å²) in [5.74, 6) is -0.508. The first-order valence-electron chi connectivity index (χ1n) is 26.7. The van der Waals surface area contributed by atoms with E-state index in [9.17, 15) is 19.8 Å². The average molecular weight is 858 g/mol. The fourth-order valence-corrected chi connectivity index (χ4v) is 8.13. The molecule has 0 radical (unpaired) electrons. The van der Waals surface area contributed by atoms with Gasteiger partial charge < -0.3 is 20.3 Å². The van der Waals surface area contributed by atoms with E-state index < -0.39 is 18.2 Å². The van der Waals surface area contributed by atoms with E-state index in [1.807, 2.05) is 0 Å². The maximum absolute atomic E-state index is 13.2. The second-order valence-electron chi connectivity index (χ2n) is 18.3. The van der Waals surface area contributed by atoms with Gasteiger partial charge in [0, 0.05) is 6.42 Å². The van der Waals surface area contributed by atoms with Gasteiger partial charge >= 0.3 is 5.97 Å². The minimum Gasteiger partial charge on any atom is -0.462 e. The Kier molecular flexibility index (Phi) is 47.6. The zero-order valence-corrected chi connectivity index (χ0v) is 40.8. The normalized spacial score (nSPS) is 13.5. The van der Waals surface area contributed by atoms with Crippen molar-refractivity contribution >= 4 is 11.9 Å². The Hall–Kier alpha value is -1.92. The standard InChI is InChI=1S/C55H103NO5/c1-4-7-10-13-16-19-22-25-27-29-32-35-38-41-44-47-53(58)52(50-57)56-54(59)49-51(46-43-40-37-34-31-24-21-18-15-12-9-6-3)61-55(60)48-45-42-39-36-33-30-28-26-23-20-17-14-11-8-5-2/h17,20,23,26,34,37,51-53,57-58H,4-16,18-19,21-22,24-25,27-33,35-36,38-50H2,1-3H3,(H,56,59)/b20-17+,26-23+,37-34-. The number of aliphatic hydroxyl groups is 2. The maximum Gasteiger partial charge on any atom is 0.306 e. The van der Waals surface area contributed by atoms with E-state index in [4.69, 9.17) is 4.74 Å². The largest absolute Gasteiger partial charge is 0.462 e. The van der Waals surface area contributed by atoms with E-state index in [0.717, 1.165) is 64.2 Å². The van der Waals surface area contributed by atoms with Gasteiger partial charge in [-0.1, -0.05) is 231 Å². The van der Waals surface area contributed by atoms with Crippen molar-refractivity contribution in [3.63, 3.8) is 0 Å². The lowest BCUT2D eigenvalue weighted by atomic mass is 10.0. The SMILES string of the molecule is CCCCC/C=C/C=C/CCCCCCCCC(=O)OC(CCC/C=C\CCCCCCCCC)CC(=O)NC(CO)C(O)CCCCCCCCCCCCCCCCC. The van der Waals surface area contributed by atoms with Gasteiger partial charge in [0.25, 0.3) is 0 Å². The predicted octanol–water partition coefficient (Wildman–Crippen LogP) is 16.1. The summed E-state index contributed by atoms with van der Waals surface area (Å²) in [7, 11) is 0. The molecule has 0 heterocycles. The third-order valence-corrected chi connectivity index (χ3v) is 12.2. The van der Waals surface area contributed by atoms with Crippen LogP contribution in [0.3, 0.4) is 0 Å². The molecule has 3 atom stereocenters. The summed E-state index contributed by atoms with van der Waals surface area (Å²) >= 11 is 0. The van der Waals surface area contributed by atoms with Crippen LogP contribution in [0.2, 0.25) is 0 Å². The number of allylic oxidation sites excluding steroid dienone is 6. The molecular weight excluding hydrogens is 755 g/mol. The van der Waals surface area contributed by atoms with Crippen molar-refractivity contribution in [2.75, 3.05) is 6.61 Å². The van der Waals surface area contributed by atoms with Crippen molar-refractivity contribution in [3.8, 4) is 0 Å². The molecule has 6 nitrogen and oxygen atoms in total. The summed E-state index contributed by atoms with van der Waals surface area (Å²) in [6.45, 7) is 6.46. The highest BCUT2D eigenvalue weighted by Crippen LogP contribution is 2.17. The first-order valence-corrected chi connectivity index (χ1v) is 26.7. The van der Waals surface area contributed by atoms with Gasteiger partial charge in [-0.2, -0.15) is 0 Å². The van der Waals surface area contributed by atoms with Crippen molar-refractivity contribution in [3.05, 3.63) is 36.5 Å². The number of unbranched alkanes of at least 4 members (excludes halogenated alkanes) is 31. The first-order chi connectivity index (χ1) is 30.0.